The van der Waals surface area contributed by atoms with Crippen molar-refractivity contribution < 1.29 is 0 Å². The average molecular weight is 533 g/mol. The molecule has 42 heavy (non-hydrogen) atoms. The monoisotopic (exact) mass is 532 g/mol. The van der Waals surface area contributed by atoms with Crippen molar-refractivity contribution in [1.82, 2.24) is 0 Å². The lowest BCUT2D eigenvalue weighted by Gasteiger charge is -2.19. The van der Waals surface area contributed by atoms with Crippen LogP contribution in [0.2, 0.25) is 0 Å². The molecule has 196 valence electrons. The van der Waals surface area contributed by atoms with Crippen molar-refractivity contribution >= 4 is 43.1 Å². The first-order chi connectivity index (χ1) is 20.7. The molecular formula is C42H28. The Morgan fingerprint density at radius 1 is 0.381 bits per heavy atom. The van der Waals surface area contributed by atoms with Gasteiger partial charge in [0, 0.05) is 0 Å². The van der Waals surface area contributed by atoms with Gasteiger partial charge in [0.05, 0.1) is 0 Å². The van der Waals surface area contributed by atoms with E-state index in [0.29, 0.717) is 0 Å². The number of hydrogen-bond donors (Lipinski definition) is 0. The van der Waals surface area contributed by atoms with E-state index in [2.05, 4.69) is 146 Å². The van der Waals surface area contributed by atoms with Gasteiger partial charge < -0.3 is 0 Å². The van der Waals surface area contributed by atoms with Gasteiger partial charge in [-0.15, -0.1) is 0 Å². The first kappa shape index (κ1) is 23.5. The molecule has 0 fully saturated rings. The molecular weight excluding hydrogens is 504 g/mol. The summed E-state index contributed by atoms with van der Waals surface area (Å²) in [6, 6.07) is 52.0. The minimum Gasteiger partial charge on any atom is -0.0616 e. The van der Waals surface area contributed by atoms with Crippen LogP contribution in [0.25, 0.3) is 76.5 Å². The van der Waals surface area contributed by atoms with E-state index >= 15 is 0 Å². The van der Waals surface area contributed by atoms with Crippen molar-refractivity contribution in [2.75, 3.05) is 0 Å². The van der Waals surface area contributed by atoms with Crippen molar-refractivity contribution in [1.29, 1.82) is 0 Å². The zero-order valence-corrected chi connectivity index (χ0v) is 23.5. The van der Waals surface area contributed by atoms with Crippen LogP contribution in [0.5, 0.6) is 0 Å². The molecule has 9 rings (SSSR count). The predicted octanol–water partition coefficient (Wildman–Crippen LogP) is 11.5. The fraction of sp³-hybridized carbons (Fsp3) is 0.0476. The second-order valence-electron chi connectivity index (χ2n) is 11.7. The van der Waals surface area contributed by atoms with Crippen LogP contribution < -0.4 is 0 Å². The summed E-state index contributed by atoms with van der Waals surface area (Å²) in [6.45, 7) is 2.16. The molecule has 0 aromatic heterocycles. The van der Waals surface area contributed by atoms with Crippen molar-refractivity contribution in [3.8, 4) is 33.4 Å². The highest BCUT2D eigenvalue weighted by atomic mass is 14.3. The summed E-state index contributed by atoms with van der Waals surface area (Å²) < 4.78 is 0. The minimum absolute atomic E-state index is 0.955. The maximum Gasteiger partial charge on any atom is -0.000111 e. The van der Waals surface area contributed by atoms with Crippen molar-refractivity contribution in [3.05, 3.63) is 156 Å². The number of aryl methyl sites for hydroxylation is 1. The highest BCUT2D eigenvalue weighted by Crippen LogP contribution is 2.49. The molecule has 0 nitrogen and oxygen atoms in total. The Hall–Kier alpha value is -5.20. The molecule has 0 heterocycles. The molecule has 0 saturated heterocycles. The lowest BCUT2D eigenvalue weighted by atomic mass is 9.84. The predicted molar refractivity (Wildman–Crippen MR) is 180 cm³/mol. The summed E-state index contributed by atoms with van der Waals surface area (Å²) in [5.41, 5.74) is 12.2. The summed E-state index contributed by atoms with van der Waals surface area (Å²) >= 11 is 0. The molecule has 0 aliphatic heterocycles. The van der Waals surface area contributed by atoms with E-state index in [9.17, 15) is 0 Å². The van der Waals surface area contributed by atoms with Gasteiger partial charge >= 0.3 is 0 Å². The van der Waals surface area contributed by atoms with Crippen molar-refractivity contribution in [3.63, 3.8) is 0 Å². The molecule has 0 bridgehead atoms. The van der Waals surface area contributed by atoms with Gasteiger partial charge in [0.2, 0.25) is 0 Å². The van der Waals surface area contributed by atoms with Gasteiger partial charge in [-0.2, -0.15) is 0 Å². The maximum absolute atomic E-state index is 2.37. The molecule has 8 aromatic rings. The normalized spacial score (nSPS) is 12.3. The Labute approximate surface area is 245 Å². The summed E-state index contributed by atoms with van der Waals surface area (Å²) in [5.74, 6) is 0. The van der Waals surface area contributed by atoms with E-state index in [1.807, 2.05) is 0 Å². The molecule has 1 aliphatic rings. The van der Waals surface area contributed by atoms with Crippen molar-refractivity contribution in [2.45, 2.75) is 13.3 Å². The van der Waals surface area contributed by atoms with Gasteiger partial charge in [-0.25, -0.2) is 0 Å². The summed E-state index contributed by atoms with van der Waals surface area (Å²) in [5, 5.41) is 10.5. The van der Waals surface area contributed by atoms with Crippen molar-refractivity contribution in [2.24, 2.45) is 0 Å². The average Bonchev–Trinajstić information content (AvgIpc) is 3.43. The second-order valence-corrected chi connectivity index (χ2v) is 11.7. The lowest BCUT2D eigenvalue weighted by Crippen LogP contribution is -1.94. The highest BCUT2D eigenvalue weighted by molar-refractivity contribution is 6.22. The Morgan fingerprint density at radius 2 is 0.952 bits per heavy atom. The zero-order chi connectivity index (χ0) is 27.8. The van der Waals surface area contributed by atoms with E-state index in [1.165, 1.54) is 93.2 Å². The zero-order valence-electron chi connectivity index (χ0n) is 23.5. The third-order valence-electron chi connectivity index (χ3n) is 9.35. The minimum atomic E-state index is 0.955. The van der Waals surface area contributed by atoms with E-state index in [1.54, 1.807) is 0 Å². The molecule has 0 amide bonds. The molecule has 1 aliphatic carbocycles. The summed E-state index contributed by atoms with van der Waals surface area (Å²) in [7, 11) is 0. The fourth-order valence-electron chi connectivity index (χ4n) is 7.47. The third kappa shape index (κ3) is 3.36. The van der Waals surface area contributed by atoms with Gasteiger partial charge in [-0.1, -0.05) is 139 Å². The SMILES string of the molecule is Cc1ccc2cc(-c3c4ccccc4c(-c4cccc5c4Cc4c-5ccc5ccccc45)c4ccccc34)ccc2c1. The van der Waals surface area contributed by atoms with Crippen LogP contribution in [0.1, 0.15) is 16.7 Å². The molecule has 0 N–H and O–H groups in total. The van der Waals surface area contributed by atoms with Crippen LogP contribution in [-0.2, 0) is 6.42 Å². The molecule has 8 aromatic carbocycles. The number of rotatable bonds is 2. The van der Waals surface area contributed by atoms with Gasteiger partial charge in [0.15, 0.2) is 0 Å². The van der Waals surface area contributed by atoms with E-state index in [4.69, 9.17) is 0 Å². The molecule has 0 heteroatoms. The van der Waals surface area contributed by atoms with E-state index in [0.717, 1.165) is 6.42 Å². The van der Waals surface area contributed by atoms with Crippen LogP contribution in [0.4, 0.5) is 0 Å². The van der Waals surface area contributed by atoms with Crippen LogP contribution >= 0.6 is 0 Å². The standard InChI is InChI=1S/C42H28/c1-26-17-18-29-24-30(20-19-28(29)23-26)41-34-11-4-6-13-36(34)42(37-14-7-5-12-35(37)41)38-16-8-15-32-33-22-21-27-9-2-3-10-31(27)39(33)25-40(32)38/h2-24H,25H2,1H3. The molecule has 0 spiro atoms. The van der Waals surface area contributed by atoms with Gasteiger partial charge in [-0.05, 0) is 107 Å². The second kappa shape index (κ2) is 8.90. The Balaban J connectivity index is 1.34. The van der Waals surface area contributed by atoms with Crippen LogP contribution in [-0.4, -0.2) is 0 Å². The first-order valence-corrected chi connectivity index (χ1v) is 14.8. The summed E-state index contributed by atoms with van der Waals surface area (Å²) in [6.07, 6.45) is 0.955. The molecule has 0 unspecified atom stereocenters. The Bertz CT molecular complexity index is 2330. The quantitative estimate of drug-likeness (QED) is 0.194. The fourth-order valence-corrected chi connectivity index (χ4v) is 7.47. The van der Waals surface area contributed by atoms with E-state index in [-0.39, 0.29) is 0 Å². The maximum atomic E-state index is 2.37. The first-order valence-electron chi connectivity index (χ1n) is 14.8. The number of benzene rings is 8. The Kier molecular flexibility index (Phi) is 4.98. The molecule has 0 saturated carbocycles. The van der Waals surface area contributed by atoms with Crippen LogP contribution in [0, 0.1) is 6.92 Å². The smallest absolute Gasteiger partial charge is 0.000111 e. The van der Waals surface area contributed by atoms with Crippen LogP contribution in [0.15, 0.2) is 140 Å². The highest BCUT2D eigenvalue weighted by Gasteiger charge is 2.25. The van der Waals surface area contributed by atoms with Crippen LogP contribution in [0.3, 0.4) is 0 Å². The van der Waals surface area contributed by atoms with E-state index < -0.39 is 0 Å². The topological polar surface area (TPSA) is 0 Å². The summed E-state index contributed by atoms with van der Waals surface area (Å²) in [4.78, 5) is 0. The number of fused-ring (bicyclic) bond motifs is 8. The Morgan fingerprint density at radius 3 is 1.71 bits per heavy atom. The molecule has 0 radical (unpaired) electrons. The molecule has 0 atom stereocenters. The van der Waals surface area contributed by atoms with Gasteiger partial charge in [0.25, 0.3) is 0 Å². The van der Waals surface area contributed by atoms with Gasteiger partial charge in [-0.3, -0.25) is 0 Å². The van der Waals surface area contributed by atoms with Gasteiger partial charge in [0.1, 0.15) is 0 Å². The lowest BCUT2D eigenvalue weighted by molar-refractivity contribution is 1.29. The largest absolute Gasteiger partial charge is 0.0616 e. The third-order valence-corrected chi connectivity index (χ3v) is 9.35. The number of hydrogen-bond acceptors (Lipinski definition) is 0.